The van der Waals surface area contributed by atoms with Crippen LogP contribution in [0.5, 0.6) is 5.75 Å². The van der Waals surface area contributed by atoms with Gasteiger partial charge in [0.1, 0.15) is 11.6 Å². The third-order valence-electron chi connectivity index (χ3n) is 4.59. The van der Waals surface area contributed by atoms with Crippen molar-refractivity contribution in [2.24, 2.45) is 5.73 Å². The van der Waals surface area contributed by atoms with E-state index in [4.69, 9.17) is 20.4 Å². The van der Waals surface area contributed by atoms with Gasteiger partial charge in [0.15, 0.2) is 0 Å². The smallest absolute Gasteiger partial charge is 0.490 e. The first kappa shape index (κ1) is 26.4. The summed E-state index contributed by atoms with van der Waals surface area (Å²) in [6, 6.07) is 21.7. The molecule has 0 atom stereocenters. The zero-order valence-electron chi connectivity index (χ0n) is 18.0. The van der Waals surface area contributed by atoms with E-state index in [9.17, 15) is 22.4 Å². The molecule has 3 aromatic carbocycles. The zero-order valence-corrected chi connectivity index (χ0v) is 18.0. The van der Waals surface area contributed by atoms with E-state index in [-0.39, 0.29) is 5.82 Å². The second-order valence-electron chi connectivity index (χ2n) is 7.21. The summed E-state index contributed by atoms with van der Waals surface area (Å²) >= 11 is 0. The minimum atomic E-state index is -5.08. The normalized spacial score (nSPS) is 10.7. The van der Waals surface area contributed by atoms with Crippen molar-refractivity contribution in [3.8, 4) is 16.9 Å². The van der Waals surface area contributed by atoms with Gasteiger partial charge in [0.2, 0.25) is 5.91 Å². The second-order valence-corrected chi connectivity index (χ2v) is 7.21. The standard InChI is InChI=1S/C23H22FNO2.C2HF3O2/c24-21-9-3-6-17(15-21)5-1-2-14-27-22-12-10-18(11-13-22)19-7-4-8-20(16-19)23(25)26;3-2(4,5)1(6)7/h3-4,6-13,15-16H,1-2,5,14H2,(H2,25,26);(H,6,7). The minimum absolute atomic E-state index is 0.190. The van der Waals surface area contributed by atoms with E-state index in [1.165, 1.54) is 6.07 Å². The SMILES string of the molecule is NC(=O)c1cccc(-c2ccc(OCCCCc3cccc(F)c3)cc2)c1.O=C(O)C(F)(F)F. The van der Waals surface area contributed by atoms with Crippen molar-refractivity contribution < 1.29 is 37.0 Å². The number of nitrogens with two attached hydrogens (primary N) is 1. The molecule has 3 aromatic rings. The van der Waals surface area contributed by atoms with Gasteiger partial charge in [0, 0.05) is 5.56 Å². The molecule has 5 nitrogen and oxygen atoms in total. The summed E-state index contributed by atoms with van der Waals surface area (Å²) in [5, 5.41) is 7.12. The number of rotatable bonds is 8. The number of benzene rings is 3. The van der Waals surface area contributed by atoms with Crippen LogP contribution in [0.2, 0.25) is 0 Å². The largest absolute Gasteiger partial charge is 0.494 e. The highest BCUT2D eigenvalue weighted by atomic mass is 19.4. The predicted molar refractivity (Wildman–Crippen MR) is 119 cm³/mol. The van der Waals surface area contributed by atoms with Gasteiger partial charge in [-0.2, -0.15) is 13.2 Å². The van der Waals surface area contributed by atoms with Crippen LogP contribution in [0.15, 0.2) is 72.8 Å². The van der Waals surface area contributed by atoms with Crippen LogP contribution in [0, 0.1) is 5.82 Å². The first-order valence-electron chi connectivity index (χ1n) is 10.2. The van der Waals surface area contributed by atoms with Crippen molar-refractivity contribution in [1.29, 1.82) is 0 Å². The Balaban J connectivity index is 0.000000509. The molecule has 0 unspecified atom stereocenters. The highest BCUT2D eigenvalue weighted by molar-refractivity contribution is 5.94. The van der Waals surface area contributed by atoms with Crippen LogP contribution in [-0.4, -0.2) is 29.8 Å². The highest BCUT2D eigenvalue weighted by Crippen LogP contribution is 2.23. The lowest BCUT2D eigenvalue weighted by molar-refractivity contribution is -0.192. The molecule has 1 amide bonds. The van der Waals surface area contributed by atoms with Crippen molar-refractivity contribution >= 4 is 11.9 Å². The van der Waals surface area contributed by atoms with Gasteiger partial charge in [0.25, 0.3) is 0 Å². The zero-order chi connectivity index (χ0) is 25.1. The molecule has 0 aliphatic rings. The molecule has 3 rings (SSSR count). The number of halogens is 4. The lowest BCUT2D eigenvalue weighted by Crippen LogP contribution is -2.21. The van der Waals surface area contributed by atoms with Crippen molar-refractivity contribution in [1.82, 2.24) is 0 Å². The quantitative estimate of drug-likeness (QED) is 0.325. The molecule has 9 heteroatoms. The molecule has 3 N–H and O–H groups in total. The average molecular weight is 477 g/mol. The van der Waals surface area contributed by atoms with Crippen LogP contribution in [-0.2, 0) is 11.2 Å². The maximum Gasteiger partial charge on any atom is 0.490 e. The number of aryl methyl sites for hydroxylation is 1. The van der Waals surface area contributed by atoms with Crippen molar-refractivity contribution in [3.63, 3.8) is 0 Å². The van der Waals surface area contributed by atoms with Gasteiger partial charge in [-0.05, 0) is 72.4 Å². The van der Waals surface area contributed by atoms with E-state index in [2.05, 4.69) is 0 Å². The number of carbonyl (C=O) groups is 2. The number of unbranched alkanes of at least 4 members (excludes halogenated alkanes) is 1. The maximum absolute atomic E-state index is 13.1. The van der Waals surface area contributed by atoms with Crippen molar-refractivity contribution in [2.75, 3.05) is 6.61 Å². The van der Waals surface area contributed by atoms with E-state index in [0.717, 1.165) is 41.7 Å². The molecule has 0 fully saturated rings. The molecular weight excluding hydrogens is 454 g/mol. The Labute approximate surface area is 193 Å². The van der Waals surface area contributed by atoms with Crippen LogP contribution < -0.4 is 10.5 Å². The molecule has 180 valence electrons. The maximum atomic E-state index is 13.1. The number of carboxylic acid groups (broad SMARTS) is 1. The third kappa shape index (κ3) is 8.93. The van der Waals surface area contributed by atoms with Gasteiger partial charge in [-0.25, -0.2) is 9.18 Å². The summed E-state index contributed by atoms with van der Waals surface area (Å²) in [4.78, 5) is 20.2. The first-order valence-corrected chi connectivity index (χ1v) is 10.2. The van der Waals surface area contributed by atoms with Gasteiger partial charge in [-0.1, -0.05) is 36.4 Å². The Morgan fingerprint density at radius 2 is 1.53 bits per heavy atom. The fourth-order valence-corrected chi connectivity index (χ4v) is 2.91. The fourth-order valence-electron chi connectivity index (χ4n) is 2.91. The molecule has 0 spiro atoms. The Bertz CT molecular complexity index is 1100. The second kappa shape index (κ2) is 12.4. The summed E-state index contributed by atoms with van der Waals surface area (Å²) < 4.78 is 50.6. The van der Waals surface area contributed by atoms with Gasteiger partial charge in [0.05, 0.1) is 6.61 Å². The van der Waals surface area contributed by atoms with Crippen LogP contribution in [0.4, 0.5) is 17.6 Å². The fraction of sp³-hybridized carbons (Fsp3) is 0.200. The molecule has 0 aliphatic carbocycles. The first-order chi connectivity index (χ1) is 16.1. The van der Waals surface area contributed by atoms with E-state index < -0.39 is 18.1 Å². The summed E-state index contributed by atoms with van der Waals surface area (Å²) in [6.07, 6.45) is -2.39. The summed E-state index contributed by atoms with van der Waals surface area (Å²) in [6.45, 7) is 0.617. The lowest BCUT2D eigenvalue weighted by Gasteiger charge is -2.08. The molecule has 0 aromatic heterocycles. The van der Waals surface area contributed by atoms with E-state index in [0.29, 0.717) is 12.2 Å². The number of carboxylic acids is 1. The van der Waals surface area contributed by atoms with Gasteiger partial charge < -0.3 is 15.6 Å². The average Bonchev–Trinajstić information content (AvgIpc) is 2.79. The molecular formula is C25H23F4NO4. The number of hydrogen-bond donors (Lipinski definition) is 2. The molecule has 0 radical (unpaired) electrons. The summed E-state index contributed by atoms with van der Waals surface area (Å²) in [5.74, 6) is -2.58. The number of hydrogen-bond acceptors (Lipinski definition) is 3. The molecule has 0 bridgehead atoms. The van der Waals surface area contributed by atoms with Gasteiger partial charge in [-0.3, -0.25) is 4.79 Å². The third-order valence-corrected chi connectivity index (χ3v) is 4.59. The number of ether oxygens (including phenoxy) is 1. The van der Waals surface area contributed by atoms with Crippen LogP contribution in [0.1, 0.15) is 28.8 Å². The van der Waals surface area contributed by atoms with E-state index in [1.54, 1.807) is 24.3 Å². The summed E-state index contributed by atoms with van der Waals surface area (Å²) in [7, 11) is 0. The molecule has 0 saturated heterocycles. The topological polar surface area (TPSA) is 89.6 Å². The molecule has 0 saturated carbocycles. The number of amides is 1. The number of alkyl halides is 3. The Kier molecular flexibility index (Phi) is 9.61. The van der Waals surface area contributed by atoms with Gasteiger partial charge >= 0.3 is 12.1 Å². The minimum Gasteiger partial charge on any atom is -0.494 e. The van der Waals surface area contributed by atoms with Crippen molar-refractivity contribution in [2.45, 2.75) is 25.4 Å². The Hall–Kier alpha value is -3.88. The molecule has 0 heterocycles. The van der Waals surface area contributed by atoms with Gasteiger partial charge in [-0.15, -0.1) is 0 Å². The highest BCUT2D eigenvalue weighted by Gasteiger charge is 2.38. The predicted octanol–water partition coefficient (Wildman–Crippen LogP) is 5.63. The number of aliphatic carboxylic acids is 1. The van der Waals surface area contributed by atoms with E-state index in [1.807, 2.05) is 42.5 Å². The van der Waals surface area contributed by atoms with Crippen molar-refractivity contribution in [3.05, 3.63) is 89.7 Å². The number of primary amides is 1. The van der Waals surface area contributed by atoms with Crippen LogP contribution in [0.25, 0.3) is 11.1 Å². The van der Waals surface area contributed by atoms with Crippen LogP contribution in [0.3, 0.4) is 0 Å². The molecule has 0 aliphatic heterocycles. The lowest BCUT2D eigenvalue weighted by atomic mass is 10.0. The Morgan fingerprint density at radius 1 is 0.882 bits per heavy atom. The number of carbonyl (C=O) groups excluding carboxylic acids is 1. The monoisotopic (exact) mass is 477 g/mol. The summed E-state index contributed by atoms with van der Waals surface area (Å²) in [5.41, 5.74) is 8.77. The molecule has 34 heavy (non-hydrogen) atoms. The van der Waals surface area contributed by atoms with E-state index >= 15 is 0 Å². The Morgan fingerprint density at radius 3 is 2.12 bits per heavy atom. The van der Waals surface area contributed by atoms with Crippen LogP contribution >= 0.6 is 0 Å².